The first kappa shape index (κ1) is 18.1. The van der Waals surface area contributed by atoms with Gasteiger partial charge in [-0.3, -0.25) is 4.79 Å². The summed E-state index contributed by atoms with van der Waals surface area (Å²) in [5.41, 5.74) is 11.7. The van der Waals surface area contributed by atoms with Crippen LogP contribution in [0.3, 0.4) is 0 Å². The number of carbonyl (C=O) groups excluding carboxylic acids is 1. The zero-order chi connectivity index (χ0) is 19.0. The molecule has 0 bridgehead atoms. The van der Waals surface area contributed by atoms with Gasteiger partial charge in [-0.25, -0.2) is 0 Å². The lowest BCUT2D eigenvalue weighted by molar-refractivity contribution is -0.117. The SMILES string of the molecule is Cc1cc(C)c(NC(=O)C(C)N2CC(C)Oc3ccc(N)cc32)c(C)c1. The van der Waals surface area contributed by atoms with E-state index in [-0.39, 0.29) is 18.1 Å². The Kier molecular flexibility index (Phi) is 4.81. The van der Waals surface area contributed by atoms with Crippen molar-refractivity contribution in [2.24, 2.45) is 0 Å². The van der Waals surface area contributed by atoms with Crippen molar-refractivity contribution in [3.05, 3.63) is 47.0 Å². The van der Waals surface area contributed by atoms with E-state index in [1.54, 1.807) is 0 Å². The predicted molar refractivity (Wildman–Crippen MR) is 107 cm³/mol. The number of fused-ring (bicyclic) bond motifs is 1. The standard InChI is InChI=1S/C21H27N3O2/c1-12-8-13(2)20(14(3)9-12)23-21(25)16(5)24-11-15(4)26-19-7-6-17(22)10-18(19)24/h6-10,15-16H,11,22H2,1-5H3,(H,23,25). The quantitative estimate of drug-likeness (QED) is 0.824. The topological polar surface area (TPSA) is 67.6 Å². The molecule has 5 heteroatoms. The number of nitrogens with zero attached hydrogens (tertiary/aromatic N) is 1. The number of carbonyl (C=O) groups is 1. The van der Waals surface area contributed by atoms with E-state index in [1.165, 1.54) is 5.56 Å². The minimum Gasteiger partial charge on any atom is -0.487 e. The first-order chi connectivity index (χ1) is 12.3. The number of nitrogens with one attached hydrogen (secondary N) is 1. The first-order valence-corrected chi connectivity index (χ1v) is 8.98. The molecule has 2 aromatic carbocycles. The highest BCUT2D eigenvalue weighted by atomic mass is 16.5. The lowest BCUT2D eigenvalue weighted by atomic mass is 10.0. The highest BCUT2D eigenvalue weighted by Crippen LogP contribution is 2.36. The van der Waals surface area contributed by atoms with Gasteiger partial charge in [-0.2, -0.15) is 0 Å². The van der Waals surface area contributed by atoms with E-state index in [4.69, 9.17) is 10.5 Å². The molecule has 0 saturated heterocycles. The average molecular weight is 353 g/mol. The fraction of sp³-hybridized carbons (Fsp3) is 0.381. The van der Waals surface area contributed by atoms with Crippen molar-refractivity contribution in [2.45, 2.75) is 46.8 Å². The van der Waals surface area contributed by atoms with E-state index >= 15 is 0 Å². The Balaban J connectivity index is 1.87. The van der Waals surface area contributed by atoms with Crippen molar-refractivity contribution >= 4 is 23.0 Å². The Morgan fingerprint density at radius 2 is 1.88 bits per heavy atom. The van der Waals surface area contributed by atoms with Crippen LogP contribution < -0.4 is 20.7 Å². The summed E-state index contributed by atoms with van der Waals surface area (Å²) in [7, 11) is 0. The number of hydrogen-bond donors (Lipinski definition) is 2. The van der Waals surface area contributed by atoms with Crippen molar-refractivity contribution in [1.29, 1.82) is 0 Å². The molecule has 5 nitrogen and oxygen atoms in total. The van der Waals surface area contributed by atoms with Crippen LogP contribution >= 0.6 is 0 Å². The molecule has 1 aliphatic rings. The summed E-state index contributed by atoms with van der Waals surface area (Å²) in [4.78, 5) is 15.0. The molecular formula is C21H27N3O2. The molecule has 1 heterocycles. The van der Waals surface area contributed by atoms with Gasteiger partial charge in [0.1, 0.15) is 17.9 Å². The summed E-state index contributed by atoms with van der Waals surface area (Å²) < 4.78 is 5.89. The molecule has 3 N–H and O–H groups in total. The van der Waals surface area contributed by atoms with Gasteiger partial charge < -0.3 is 20.7 Å². The Hall–Kier alpha value is -2.69. The second kappa shape index (κ2) is 6.90. The summed E-state index contributed by atoms with van der Waals surface area (Å²) in [6.07, 6.45) is 0.00391. The number of hydrogen-bond acceptors (Lipinski definition) is 4. The minimum absolute atomic E-state index is 0.00391. The van der Waals surface area contributed by atoms with Gasteiger partial charge in [-0.1, -0.05) is 17.7 Å². The zero-order valence-electron chi connectivity index (χ0n) is 16.1. The third-order valence-electron chi connectivity index (χ3n) is 4.85. The highest BCUT2D eigenvalue weighted by Gasteiger charge is 2.30. The Morgan fingerprint density at radius 3 is 2.54 bits per heavy atom. The molecule has 1 aliphatic heterocycles. The van der Waals surface area contributed by atoms with Gasteiger partial charge in [-0.05, 0) is 63.9 Å². The van der Waals surface area contributed by atoms with Crippen molar-refractivity contribution in [2.75, 3.05) is 22.5 Å². The van der Waals surface area contributed by atoms with Crippen LogP contribution in [0.1, 0.15) is 30.5 Å². The molecule has 2 atom stereocenters. The summed E-state index contributed by atoms with van der Waals surface area (Å²) in [6, 6.07) is 9.38. The van der Waals surface area contributed by atoms with Crippen molar-refractivity contribution in [1.82, 2.24) is 0 Å². The minimum atomic E-state index is -0.345. The van der Waals surface area contributed by atoms with E-state index in [9.17, 15) is 4.79 Å². The van der Waals surface area contributed by atoms with Crippen LogP contribution in [-0.4, -0.2) is 24.6 Å². The van der Waals surface area contributed by atoms with E-state index in [2.05, 4.69) is 29.3 Å². The molecule has 0 spiro atoms. The van der Waals surface area contributed by atoms with Gasteiger partial charge in [0.2, 0.25) is 5.91 Å². The van der Waals surface area contributed by atoms with Crippen LogP contribution in [0, 0.1) is 20.8 Å². The molecule has 26 heavy (non-hydrogen) atoms. The lowest BCUT2D eigenvalue weighted by Gasteiger charge is -2.38. The number of nitrogen functional groups attached to an aromatic ring is 1. The Bertz CT molecular complexity index is 824. The second-order valence-electron chi connectivity index (χ2n) is 7.25. The molecule has 2 unspecified atom stereocenters. The maximum atomic E-state index is 13.0. The molecule has 0 aliphatic carbocycles. The smallest absolute Gasteiger partial charge is 0.246 e. The van der Waals surface area contributed by atoms with E-state index in [0.29, 0.717) is 12.2 Å². The number of ether oxygens (including phenoxy) is 1. The fourth-order valence-corrected chi connectivity index (χ4v) is 3.60. The summed E-state index contributed by atoms with van der Waals surface area (Å²) >= 11 is 0. The zero-order valence-corrected chi connectivity index (χ0v) is 16.1. The average Bonchev–Trinajstić information content (AvgIpc) is 2.57. The monoisotopic (exact) mass is 353 g/mol. The van der Waals surface area contributed by atoms with Crippen molar-refractivity contribution in [3.8, 4) is 5.75 Å². The van der Waals surface area contributed by atoms with Crippen molar-refractivity contribution < 1.29 is 9.53 Å². The van der Waals surface area contributed by atoms with Gasteiger partial charge in [0, 0.05) is 11.4 Å². The van der Waals surface area contributed by atoms with E-state index < -0.39 is 0 Å². The third-order valence-corrected chi connectivity index (χ3v) is 4.85. The Morgan fingerprint density at radius 1 is 1.23 bits per heavy atom. The van der Waals surface area contributed by atoms with Gasteiger partial charge in [0.25, 0.3) is 0 Å². The predicted octanol–water partition coefficient (Wildman–Crippen LogP) is 3.81. The number of benzene rings is 2. The number of anilines is 3. The van der Waals surface area contributed by atoms with Crippen LogP contribution in [0.25, 0.3) is 0 Å². The molecule has 0 fully saturated rings. The third kappa shape index (κ3) is 3.47. The molecule has 0 aromatic heterocycles. The van der Waals surface area contributed by atoms with Crippen LogP contribution in [0.4, 0.5) is 17.1 Å². The molecule has 0 saturated carbocycles. The summed E-state index contributed by atoms with van der Waals surface area (Å²) in [6.45, 7) is 10.7. The maximum Gasteiger partial charge on any atom is 0.246 e. The van der Waals surface area contributed by atoms with Gasteiger partial charge >= 0.3 is 0 Å². The molecule has 1 amide bonds. The van der Waals surface area contributed by atoms with Crippen LogP contribution in [0.2, 0.25) is 0 Å². The fourth-order valence-electron chi connectivity index (χ4n) is 3.60. The van der Waals surface area contributed by atoms with E-state index in [1.807, 2.05) is 45.9 Å². The molecule has 138 valence electrons. The van der Waals surface area contributed by atoms with Gasteiger partial charge in [0.05, 0.1) is 12.2 Å². The Labute approximate surface area is 155 Å². The summed E-state index contributed by atoms with van der Waals surface area (Å²) in [5, 5.41) is 3.11. The number of nitrogens with two attached hydrogens (primary N) is 1. The maximum absolute atomic E-state index is 13.0. The van der Waals surface area contributed by atoms with Gasteiger partial charge in [-0.15, -0.1) is 0 Å². The normalized spacial score (nSPS) is 17.3. The second-order valence-corrected chi connectivity index (χ2v) is 7.25. The summed E-state index contributed by atoms with van der Waals surface area (Å²) in [5.74, 6) is 0.725. The first-order valence-electron chi connectivity index (χ1n) is 8.98. The number of rotatable bonds is 3. The van der Waals surface area contributed by atoms with Crippen molar-refractivity contribution in [3.63, 3.8) is 0 Å². The van der Waals surface area contributed by atoms with Crippen LogP contribution in [-0.2, 0) is 4.79 Å². The lowest BCUT2D eigenvalue weighted by Crippen LogP contribution is -2.48. The molecule has 2 aromatic rings. The van der Waals surface area contributed by atoms with Crippen LogP contribution in [0.15, 0.2) is 30.3 Å². The van der Waals surface area contributed by atoms with Crippen LogP contribution in [0.5, 0.6) is 5.75 Å². The molecular weight excluding hydrogens is 326 g/mol. The largest absolute Gasteiger partial charge is 0.487 e. The molecule has 0 radical (unpaired) electrons. The number of amides is 1. The van der Waals surface area contributed by atoms with Gasteiger partial charge in [0.15, 0.2) is 0 Å². The van der Waals surface area contributed by atoms with E-state index in [0.717, 1.165) is 28.3 Å². The number of aryl methyl sites for hydroxylation is 3. The molecule has 3 rings (SSSR count). The highest BCUT2D eigenvalue weighted by molar-refractivity contribution is 5.98.